The third-order valence-corrected chi connectivity index (χ3v) is 5.24. The van der Waals surface area contributed by atoms with Crippen molar-refractivity contribution in [3.63, 3.8) is 0 Å². The summed E-state index contributed by atoms with van der Waals surface area (Å²) in [6.45, 7) is 0. The van der Waals surface area contributed by atoms with Crippen LogP contribution in [0.2, 0.25) is 0 Å². The van der Waals surface area contributed by atoms with Crippen LogP contribution in [0.15, 0.2) is 15.2 Å². The predicted molar refractivity (Wildman–Crippen MR) is 56.8 cm³/mol. The maximum absolute atomic E-state index is 10.1. The zero-order valence-corrected chi connectivity index (χ0v) is 9.57. The molecule has 0 amide bonds. The van der Waals surface area contributed by atoms with Crippen LogP contribution in [0.1, 0.15) is 30.9 Å². The van der Waals surface area contributed by atoms with E-state index in [1.54, 1.807) is 11.3 Å². The Labute approximate surface area is 89.9 Å². The fraction of sp³-hybridized carbons (Fsp3) is 0.600. The van der Waals surface area contributed by atoms with Gasteiger partial charge in [-0.3, -0.25) is 0 Å². The van der Waals surface area contributed by atoms with Gasteiger partial charge in [0.15, 0.2) is 0 Å². The molecule has 1 heterocycles. The van der Waals surface area contributed by atoms with Gasteiger partial charge in [-0.1, -0.05) is 0 Å². The van der Waals surface area contributed by atoms with Crippen molar-refractivity contribution in [2.24, 2.45) is 11.3 Å². The Kier molecular flexibility index (Phi) is 1.68. The highest BCUT2D eigenvalue weighted by Crippen LogP contribution is 2.74. The van der Waals surface area contributed by atoms with Crippen LogP contribution in [-0.2, 0) is 0 Å². The van der Waals surface area contributed by atoms with Crippen LogP contribution in [0, 0.1) is 11.3 Å². The number of aliphatic hydroxyl groups excluding tert-OH is 1. The van der Waals surface area contributed by atoms with E-state index in [0.29, 0.717) is 11.3 Å². The zero-order valence-electron chi connectivity index (χ0n) is 7.16. The molecule has 3 heteroatoms. The summed E-state index contributed by atoms with van der Waals surface area (Å²) in [4.78, 5) is 0. The average Bonchev–Trinajstić information content (AvgIpc) is 3.00. The molecule has 0 radical (unpaired) electrons. The molecule has 2 saturated carbocycles. The first-order valence-corrected chi connectivity index (χ1v) is 6.36. The van der Waals surface area contributed by atoms with Gasteiger partial charge in [-0.25, -0.2) is 0 Å². The Hall–Kier alpha value is 0.140. The summed E-state index contributed by atoms with van der Waals surface area (Å²) in [5.74, 6) is 0.554. The van der Waals surface area contributed by atoms with Gasteiger partial charge in [0, 0.05) is 15.4 Å². The summed E-state index contributed by atoms with van der Waals surface area (Å²) in [5, 5.41) is 14.2. The summed E-state index contributed by atoms with van der Waals surface area (Å²) < 4.78 is 1.08. The minimum absolute atomic E-state index is 0.219. The largest absolute Gasteiger partial charge is 0.388 e. The first-order chi connectivity index (χ1) is 6.23. The molecule has 1 nitrogen and oxygen atoms in total. The third-order valence-electron chi connectivity index (χ3n) is 3.49. The van der Waals surface area contributed by atoms with E-state index >= 15 is 0 Å². The maximum Gasteiger partial charge on any atom is 0.0842 e. The van der Waals surface area contributed by atoms with Crippen molar-refractivity contribution in [2.75, 3.05) is 0 Å². The van der Waals surface area contributed by atoms with E-state index in [2.05, 4.69) is 21.3 Å². The normalized spacial score (nSPS) is 30.5. The lowest BCUT2D eigenvalue weighted by molar-refractivity contribution is 0.145. The molecule has 3 rings (SSSR count). The molecule has 0 bridgehead atoms. The highest BCUT2D eigenvalue weighted by atomic mass is 79.9. The molecule has 70 valence electrons. The molecule has 0 aliphatic heterocycles. The number of hydrogen-bond acceptors (Lipinski definition) is 2. The van der Waals surface area contributed by atoms with Crippen LogP contribution in [0.5, 0.6) is 0 Å². The second kappa shape index (κ2) is 2.59. The minimum atomic E-state index is -0.219. The molecular formula is C10H11BrOS. The Morgan fingerprint density at radius 3 is 2.77 bits per heavy atom. The van der Waals surface area contributed by atoms with Gasteiger partial charge in [0.2, 0.25) is 0 Å². The van der Waals surface area contributed by atoms with Crippen LogP contribution in [0.3, 0.4) is 0 Å². The van der Waals surface area contributed by atoms with E-state index < -0.39 is 0 Å². The predicted octanol–water partition coefficient (Wildman–Crippen LogP) is 3.34. The number of hydrogen-bond donors (Lipinski definition) is 1. The number of aliphatic hydroxyl groups is 1. The van der Waals surface area contributed by atoms with E-state index in [-0.39, 0.29) is 6.10 Å². The van der Waals surface area contributed by atoms with E-state index in [1.165, 1.54) is 19.3 Å². The van der Waals surface area contributed by atoms with Gasteiger partial charge in [0.1, 0.15) is 0 Å². The summed E-state index contributed by atoms with van der Waals surface area (Å²) in [6, 6.07) is 0. The Morgan fingerprint density at radius 2 is 2.31 bits per heavy atom. The van der Waals surface area contributed by atoms with Gasteiger partial charge in [-0.05, 0) is 51.9 Å². The SMILES string of the molecule is OC(c1cscc1Br)C1CC12CC2. The van der Waals surface area contributed by atoms with Crippen molar-refractivity contribution in [3.05, 3.63) is 20.8 Å². The van der Waals surface area contributed by atoms with Crippen molar-refractivity contribution in [1.82, 2.24) is 0 Å². The highest BCUT2D eigenvalue weighted by molar-refractivity contribution is 9.10. The second-order valence-electron chi connectivity index (χ2n) is 4.29. The van der Waals surface area contributed by atoms with E-state index in [0.717, 1.165) is 10.0 Å². The summed E-state index contributed by atoms with van der Waals surface area (Å²) in [6.07, 6.45) is 3.71. The standard InChI is InChI=1S/C10H11BrOS/c11-8-5-13-4-6(8)9(12)7-3-10(7)1-2-10/h4-5,7,9,12H,1-3H2. The van der Waals surface area contributed by atoms with Crippen molar-refractivity contribution in [3.8, 4) is 0 Å². The molecule has 1 aromatic heterocycles. The van der Waals surface area contributed by atoms with E-state index in [9.17, 15) is 5.11 Å². The topological polar surface area (TPSA) is 20.2 Å². The molecule has 1 spiro atoms. The van der Waals surface area contributed by atoms with Crippen molar-refractivity contribution >= 4 is 27.3 Å². The average molecular weight is 259 g/mol. The molecule has 0 aromatic carbocycles. The Balaban J connectivity index is 1.82. The van der Waals surface area contributed by atoms with E-state index in [1.807, 2.05) is 5.38 Å². The first kappa shape index (κ1) is 8.45. The Morgan fingerprint density at radius 1 is 1.54 bits per heavy atom. The number of halogens is 1. The molecule has 1 aromatic rings. The van der Waals surface area contributed by atoms with Crippen LogP contribution >= 0.6 is 27.3 Å². The summed E-state index contributed by atoms with van der Waals surface area (Å²) >= 11 is 5.12. The summed E-state index contributed by atoms with van der Waals surface area (Å²) in [5.41, 5.74) is 1.68. The highest BCUT2D eigenvalue weighted by Gasteiger charge is 2.65. The van der Waals surface area contributed by atoms with Crippen molar-refractivity contribution in [2.45, 2.75) is 25.4 Å². The van der Waals surface area contributed by atoms with E-state index in [4.69, 9.17) is 0 Å². The maximum atomic E-state index is 10.1. The Bertz CT molecular complexity index is 342. The van der Waals surface area contributed by atoms with Gasteiger partial charge in [0.05, 0.1) is 6.10 Å². The molecule has 13 heavy (non-hydrogen) atoms. The fourth-order valence-corrected chi connectivity index (χ4v) is 3.84. The molecule has 2 aliphatic carbocycles. The lowest BCUT2D eigenvalue weighted by Gasteiger charge is -2.08. The van der Waals surface area contributed by atoms with Crippen molar-refractivity contribution < 1.29 is 5.11 Å². The van der Waals surface area contributed by atoms with Crippen molar-refractivity contribution in [1.29, 1.82) is 0 Å². The molecular weight excluding hydrogens is 248 g/mol. The second-order valence-corrected chi connectivity index (χ2v) is 5.89. The lowest BCUT2D eigenvalue weighted by atomic mass is 10.1. The molecule has 1 N–H and O–H groups in total. The fourth-order valence-electron chi connectivity index (χ4n) is 2.28. The first-order valence-electron chi connectivity index (χ1n) is 4.63. The third kappa shape index (κ3) is 1.21. The van der Waals surface area contributed by atoms with Crippen LogP contribution in [0.4, 0.5) is 0 Å². The smallest absolute Gasteiger partial charge is 0.0842 e. The minimum Gasteiger partial charge on any atom is -0.388 e. The molecule has 2 atom stereocenters. The monoisotopic (exact) mass is 258 g/mol. The van der Waals surface area contributed by atoms with Crippen LogP contribution in [-0.4, -0.2) is 5.11 Å². The van der Waals surface area contributed by atoms with Gasteiger partial charge >= 0.3 is 0 Å². The number of thiophene rings is 1. The molecule has 2 aliphatic rings. The van der Waals surface area contributed by atoms with Gasteiger partial charge in [0.25, 0.3) is 0 Å². The summed E-state index contributed by atoms with van der Waals surface area (Å²) in [7, 11) is 0. The lowest BCUT2D eigenvalue weighted by Crippen LogP contribution is -2.00. The molecule has 0 saturated heterocycles. The quantitative estimate of drug-likeness (QED) is 0.863. The van der Waals surface area contributed by atoms with Gasteiger partial charge in [-0.15, -0.1) is 0 Å². The van der Waals surface area contributed by atoms with Gasteiger partial charge < -0.3 is 5.11 Å². The zero-order chi connectivity index (χ0) is 9.05. The molecule has 2 fully saturated rings. The molecule has 2 unspecified atom stereocenters. The number of rotatable bonds is 2. The van der Waals surface area contributed by atoms with Crippen LogP contribution < -0.4 is 0 Å². The van der Waals surface area contributed by atoms with Gasteiger partial charge in [-0.2, -0.15) is 11.3 Å². The van der Waals surface area contributed by atoms with Crippen LogP contribution in [0.25, 0.3) is 0 Å².